The quantitative estimate of drug-likeness (QED) is 0.441. The van der Waals surface area contributed by atoms with E-state index in [0.717, 1.165) is 6.92 Å². The molecule has 2 aromatic rings. The van der Waals surface area contributed by atoms with Gasteiger partial charge in [0.05, 0.1) is 40.1 Å². The monoisotopic (exact) mass is 503 g/mol. The number of carbonyl (C=O) groups is 2. The fourth-order valence-electron chi connectivity index (χ4n) is 3.72. The van der Waals surface area contributed by atoms with Crippen LogP contribution in [-0.2, 0) is 16.0 Å². The number of halogens is 5. The van der Waals surface area contributed by atoms with E-state index in [1.54, 1.807) is 6.07 Å². The highest BCUT2D eigenvalue weighted by Crippen LogP contribution is 2.49. The zero-order valence-corrected chi connectivity index (χ0v) is 19.3. The van der Waals surface area contributed by atoms with Crippen LogP contribution in [0.15, 0.2) is 36.4 Å². The van der Waals surface area contributed by atoms with Crippen LogP contribution in [-0.4, -0.2) is 30.3 Å². The number of alkyl halides is 3. The second kappa shape index (κ2) is 9.43. The second-order valence-corrected chi connectivity index (χ2v) is 9.08. The maximum Gasteiger partial charge on any atom is 0.392 e. The van der Waals surface area contributed by atoms with Crippen molar-refractivity contribution in [3.05, 3.63) is 57.6 Å². The van der Waals surface area contributed by atoms with Crippen LogP contribution < -0.4 is 10.1 Å². The number of anilines is 1. The number of rotatable bonds is 8. The molecule has 2 atom stereocenters. The number of amides is 1. The smallest absolute Gasteiger partial charge is 0.392 e. The van der Waals surface area contributed by atoms with Gasteiger partial charge in [-0.2, -0.15) is 13.2 Å². The topological polar surface area (TPSA) is 75.6 Å². The third kappa shape index (κ3) is 5.55. The first-order valence-electron chi connectivity index (χ1n) is 10.1. The van der Waals surface area contributed by atoms with Gasteiger partial charge >= 0.3 is 12.1 Å². The summed E-state index contributed by atoms with van der Waals surface area (Å²) in [6.45, 7) is 0.924. The lowest BCUT2D eigenvalue weighted by molar-refractivity contribution is -0.178. The molecule has 1 aliphatic carbocycles. The van der Waals surface area contributed by atoms with Gasteiger partial charge in [-0.1, -0.05) is 42.3 Å². The predicted octanol–water partition coefficient (Wildman–Crippen LogP) is 6.33. The Balaban J connectivity index is 1.93. The van der Waals surface area contributed by atoms with Crippen LogP contribution in [0.4, 0.5) is 18.9 Å². The number of carbonyl (C=O) groups excluding carboxylic acids is 1. The average molecular weight is 504 g/mol. The van der Waals surface area contributed by atoms with Crippen LogP contribution in [0.5, 0.6) is 5.75 Å². The molecule has 3 rings (SSSR count). The van der Waals surface area contributed by atoms with Gasteiger partial charge in [0.25, 0.3) is 0 Å². The molecule has 0 aliphatic heterocycles. The van der Waals surface area contributed by atoms with E-state index < -0.39 is 35.3 Å². The van der Waals surface area contributed by atoms with Gasteiger partial charge in [0.15, 0.2) is 0 Å². The van der Waals surface area contributed by atoms with E-state index in [1.165, 1.54) is 37.4 Å². The Labute approximate surface area is 198 Å². The van der Waals surface area contributed by atoms with E-state index >= 15 is 0 Å². The van der Waals surface area contributed by atoms with Crippen LogP contribution in [0.25, 0.3) is 0 Å². The second-order valence-electron chi connectivity index (χ2n) is 8.27. The fraction of sp³-hybridized carbons (Fsp3) is 0.391. The van der Waals surface area contributed by atoms with Crippen molar-refractivity contribution >= 4 is 40.8 Å². The van der Waals surface area contributed by atoms with Crippen LogP contribution in [0, 0.1) is 11.3 Å². The Morgan fingerprint density at radius 2 is 1.79 bits per heavy atom. The molecule has 2 N–H and O–H groups in total. The largest absolute Gasteiger partial charge is 0.495 e. The van der Waals surface area contributed by atoms with Gasteiger partial charge in [0.1, 0.15) is 5.75 Å². The molecule has 1 saturated carbocycles. The van der Waals surface area contributed by atoms with E-state index in [2.05, 4.69) is 5.32 Å². The van der Waals surface area contributed by atoms with Gasteiger partial charge in [-0.3, -0.25) is 9.59 Å². The molecule has 1 amide bonds. The fourth-order valence-corrected chi connectivity index (χ4v) is 4.08. The number of carboxylic acids is 1. The first-order chi connectivity index (χ1) is 15.4. The molecule has 0 spiro atoms. The summed E-state index contributed by atoms with van der Waals surface area (Å²) in [4.78, 5) is 24.6. The Kier molecular flexibility index (Phi) is 7.19. The summed E-state index contributed by atoms with van der Waals surface area (Å²) in [5.74, 6) is -5.30. The van der Waals surface area contributed by atoms with Crippen molar-refractivity contribution < 1.29 is 32.6 Å². The number of hydrogen-bond acceptors (Lipinski definition) is 3. The number of carboxylic acid groups (broad SMARTS) is 1. The molecule has 10 heteroatoms. The lowest BCUT2D eigenvalue weighted by Crippen LogP contribution is -2.34. The minimum absolute atomic E-state index is 0.0775. The van der Waals surface area contributed by atoms with Gasteiger partial charge in [-0.05, 0) is 54.7 Å². The van der Waals surface area contributed by atoms with Crippen molar-refractivity contribution in [2.75, 3.05) is 12.4 Å². The SMILES string of the molecule is COc1cc(C(C(=O)Nc2cc(CC3(C(=O)O)CC3)ccc2Cl)[C@@H](C)C(F)(F)F)ccc1Cl. The Hall–Kier alpha value is -2.45. The molecule has 0 saturated heterocycles. The highest BCUT2D eigenvalue weighted by molar-refractivity contribution is 6.33. The van der Waals surface area contributed by atoms with Crippen LogP contribution in [0.1, 0.15) is 36.8 Å². The normalized spacial score (nSPS) is 16.6. The standard InChI is InChI=1S/C23H22Cl2F3NO4/c1-12(23(26,27)28)19(14-4-6-16(25)18(10-14)33-2)20(30)29-17-9-13(3-5-15(17)24)11-22(7-8-22)21(31)32/h3-6,9-10,12,19H,7-8,11H2,1-2H3,(H,29,30)(H,31,32)/t12-,19?/m1/s1. The molecule has 0 radical (unpaired) electrons. The highest BCUT2D eigenvalue weighted by atomic mass is 35.5. The van der Waals surface area contributed by atoms with E-state index in [-0.39, 0.29) is 33.5 Å². The van der Waals surface area contributed by atoms with Crippen molar-refractivity contribution in [1.82, 2.24) is 0 Å². The third-order valence-corrected chi connectivity index (χ3v) is 6.61. The molecular formula is C23H22Cl2F3NO4. The lowest BCUT2D eigenvalue weighted by Gasteiger charge is -2.26. The Morgan fingerprint density at radius 3 is 2.33 bits per heavy atom. The predicted molar refractivity (Wildman–Crippen MR) is 119 cm³/mol. The zero-order chi connectivity index (χ0) is 24.6. The minimum atomic E-state index is -4.65. The first kappa shape index (κ1) is 25.2. The van der Waals surface area contributed by atoms with Crippen molar-refractivity contribution in [1.29, 1.82) is 0 Å². The molecule has 5 nitrogen and oxygen atoms in total. The Morgan fingerprint density at radius 1 is 1.15 bits per heavy atom. The molecule has 0 heterocycles. The van der Waals surface area contributed by atoms with E-state index in [9.17, 15) is 27.9 Å². The number of ether oxygens (including phenoxy) is 1. The molecular weight excluding hydrogens is 482 g/mol. The molecule has 1 aliphatic rings. The zero-order valence-electron chi connectivity index (χ0n) is 17.8. The molecule has 33 heavy (non-hydrogen) atoms. The molecule has 2 aromatic carbocycles. The average Bonchev–Trinajstić information content (AvgIpc) is 3.52. The van der Waals surface area contributed by atoms with Gasteiger partial charge < -0.3 is 15.2 Å². The molecule has 1 unspecified atom stereocenters. The van der Waals surface area contributed by atoms with Gasteiger partial charge in [-0.15, -0.1) is 0 Å². The van der Waals surface area contributed by atoms with E-state index in [1.807, 2.05) is 0 Å². The van der Waals surface area contributed by atoms with Crippen molar-refractivity contribution in [2.45, 2.75) is 38.3 Å². The van der Waals surface area contributed by atoms with Gasteiger partial charge in [-0.25, -0.2) is 0 Å². The minimum Gasteiger partial charge on any atom is -0.495 e. The summed E-state index contributed by atoms with van der Waals surface area (Å²) < 4.78 is 46.0. The van der Waals surface area contributed by atoms with Gasteiger partial charge in [0, 0.05) is 0 Å². The molecule has 0 bridgehead atoms. The Bertz CT molecular complexity index is 1070. The van der Waals surface area contributed by atoms with Crippen molar-refractivity contribution in [3.63, 3.8) is 0 Å². The van der Waals surface area contributed by atoms with Crippen molar-refractivity contribution in [3.8, 4) is 5.75 Å². The van der Waals surface area contributed by atoms with Gasteiger partial charge in [0.2, 0.25) is 5.91 Å². The molecule has 1 fully saturated rings. The van der Waals surface area contributed by atoms with Crippen molar-refractivity contribution in [2.24, 2.45) is 11.3 Å². The summed E-state index contributed by atoms with van der Waals surface area (Å²) in [7, 11) is 1.32. The number of nitrogens with one attached hydrogen (secondary N) is 1. The highest BCUT2D eigenvalue weighted by Gasteiger charge is 2.50. The summed E-state index contributed by atoms with van der Waals surface area (Å²) in [5, 5.41) is 12.2. The maximum absolute atomic E-state index is 13.6. The summed E-state index contributed by atoms with van der Waals surface area (Å²) in [5.41, 5.74) is -0.0417. The maximum atomic E-state index is 13.6. The number of methoxy groups -OCH3 is 1. The van der Waals surface area contributed by atoms with Crippen LogP contribution in [0.3, 0.4) is 0 Å². The summed E-state index contributed by atoms with van der Waals surface area (Å²) in [6, 6.07) is 8.64. The summed E-state index contributed by atoms with van der Waals surface area (Å²) in [6.07, 6.45) is -3.34. The number of hydrogen-bond donors (Lipinski definition) is 2. The lowest BCUT2D eigenvalue weighted by atomic mass is 9.85. The number of benzene rings is 2. The summed E-state index contributed by atoms with van der Waals surface area (Å²) >= 11 is 12.2. The van der Waals surface area contributed by atoms with E-state index in [0.29, 0.717) is 18.4 Å². The molecule has 0 aromatic heterocycles. The number of aliphatic carboxylic acids is 1. The van der Waals surface area contributed by atoms with E-state index in [4.69, 9.17) is 27.9 Å². The van der Waals surface area contributed by atoms with Crippen LogP contribution >= 0.6 is 23.2 Å². The molecule has 178 valence electrons. The first-order valence-corrected chi connectivity index (χ1v) is 10.9. The van der Waals surface area contributed by atoms with Crippen LogP contribution in [0.2, 0.25) is 10.0 Å². The third-order valence-electron chi connectivity index (χ3n) is 5.97.